The number of rotatable bonds is 5. The molecule has 150 valence electrons. The van der Waals surface area contributed by atoms with Crippen molar-refractivity contribution in [3.05, 3.63) is 40.4 Å². The molecule has 1 aromatic carbocycles. The first-order chi connectivity index (χ1) is 14.0. The average molecular weight is 413 g/mol. The number of thiazole rings is 1. The summed E-state index contributed by atoms with van der Waals surface area (Å²) in [5.41, 5.74) is 1.64. The van der Waals surface area contributed by atoms with Crippen LogP contribution in [0.5, 0.6) is 0 Å². The van der Waals surface area contributed by atoms with Gasteiger partial charge in [0.25, 0.3) is 17.6 Å². The summed E-state index contributed by atoms with van der Waals surface area (Å²) >= 11 is 1.44. The number of esters is 1. The Morgan fingerprint density at radius 2 is 2.00 bits per heavy atom. The molecule has 0 bridgehead atoms. The molecule has 0 fully saturated rings. The molecular formula is C20H19N3O5S. The molecule has 2 amide bonds. The number of fused-ring (bicyclic) bond motifs is 2. The number of carbonyl (C=O) groups excluding carboxylic acids is 4. The number of Topliss-reactive ketones (excluding diaryl/α,β-unsaturated/α-hetero) is 1. The summed E-state index contributed by atoms with van der Waals surface area (Å²) in [6.45, 7) is 0.966. The molecule has 0 saturated carbocycles. The second-order valence-electron chi connectivity index (χ2n) is 6.95. The van der Waals surface area contributed by atoms with E-state index in [0.717, 1.165) is 36.3 Å². The molecule has 1 atom stereocenters. The predicted molar refractivity (Wildman–Crippen MR) is 106 cm³/mol. The first kappa shape index (κ1) is 19.3. The van der Waals surface area contributed by atoms with Gasteiger partial charge >= 0.3 is 5.97 Å². The minimum Gasteiger partial charge on any atom is -0.454 e. The van der Waals surface area contributed by atoms with Crippen molar-refractivity contribution in [2.75, 3.05) is 16.8 Å². The van der Waals surface area contributed by atoms with Crippen LogP contribution in [0.4, 0.5) is 10.8 Å². The fraction of sp³-hybridized carbons (Fsp3) is 0.350. The van der Waals surface area contributed by atoms with Crippen molar-refractivity contribution in [3.8, 4) is 0 Å². The number of hydrogen-bond acceptors (Lipinski definition) is 7. The molecule has 0 unspecified atom stereocenters. The molecule has 2 aliphatic rings. The SMILES string of the molecule is C[C@H](C(=O)OCC(=O)Nc1nc2c(s1)CCCC2)N1C(=O)C(=O)c2ccccc21. The van der Waals surface area contributed by atoms with E-state index in [1.54, 1.807) is 18.2 Å². The van der Waals surface area contributed by atoms with Crippen LogP contribution in [0.15, 0.2) is 24.3 Å². The van der Waals surface area contributed by atoms with Gasteiger partial charge in [-0.05, 0) is 44.7 Å². The first-order valence-corrected chi connectivity index (χ1v) is 10.2. The van der Waals surface area contributed by atoms with Crippen molar-refractivity contribution in [1.29, 1.82) is 0 Å². The number of nitrogens with one attached hydrogen (secondary N) is 1. The third-order valence-electron chi connectivity index (χ3n) is 4.99. The van der Waals surface area contributed by atoms with Crippen molar-refractivity contribution < 1.29 is 23.9 Å². The van der Waals surface area contributed by atoms with Gasteiger partial charge in [0.15, 0.2) is 11.7 Å². The fourth-order valence-electron chi connectivity index (χ4n) is 3.52. The van der Waals surface area contributed by atoms with Gasteiger partial charge in [-0.3, -0.25) is 24.6 Å². The summed E-state index contributed by atoms with van der Waals surface area (Å²) < 4.78 is 5.07. The van der Waals surface area contributed by atoms with Gasteiger partial charge in [0.1, 0.15) is 6.04 Å². The number of para-hydroxylation sites is 1. The van der Waals surface area contributed by atoms with Gasteiger partial charge in [0.05, 0.1) is 16.9 Å². The van der Waals surface area contributed by atoms with Gasteiger partial charge in [-0.25, -0.2) is 9.78 Å². The maximum atomic E-state index is 12.4. The van der Waals surface area contributed by atoms with Gasteiger partial charge in [-0.1, -0.05) is 12.1 Å². The Labute approximate surface area is 170 Å². The summed E-state index contributed by atoms with van der Waals surface area (Å²) in [6.07, 6.45) is 4.11. The standard InChI is InChI=1S/C20H19N3O5S/c1-11(23-14-8-4-2-6-12(14)17(25)18(23)26)19(27)28-10-16(24)22-20-21-13-7-3-5-9-15(13)29-20/h2,4,6,8,11H,3,5,7,9-10H2,1H3,(H,21,22,24)/t11-/m1/s1. The van der Waals surface area contributed by atoms with Crippen LogP contribution < -0.4 is 10.2 Å². The van der Waals surface area contributed by atoms with Crippen LogP contribution in [0.1, 0.15) is 40.7 Å². The number of hydrogen-bond donors (Lipinski definition) is 1. The van der Waals surface area contributed by atoms with Crippen molar-refractivity contribution in [2.24, 2.45) is 0 Å². The van der Waals surface area contributed by atoms with Crippen LogP contribution >= 0.6 is 11.3 Å². The van der Waals surface area contributed by atoms with Crippen molar-refractivity contribution in [1.82, 2.24) is 4.98 Å². The van der Waals surface area contributed by atoms with Crippen molar-refractivity contribution >= 4 is 45.7 Å². The second-order valence-corrected chi connectivity index (χ2v) is 8.03. The summed E-state index contributed by atoms with van der Waals surface area (Å²) in [5.74, 6) is -2.71. The highest BCUT2D eigenvalue weighted by Gasteiger charge is 2.41. The summed E-state index contributed by atoms with van der Waals surface area (Å²) in [7, 11) is 0. The second kappa shape index (κ2) is 7.75. The molecule has 4 rings (SSSR count). The van der Waals surface area contributed by atoms with Crippen LogP contribution in [0.2, 0.25) is 0 Å². The lowest BCUT2D eigenvalue weighted by atomic mass is 10.0. The maximum absolute atomic E-state index is 12.4. The van der Waals surface area contributed by atoms with Gasteiger partial charge < -0.3 is 4.74 Å². The molecule has 9 heteroatoms. The van der Waals surface area contributed by atoms with Crippen LogP contribution in [0.3, 0.4) is 0 Å². The highest BCUT2D eigenvalue weighted by Crippen LogP contribution is 2.31. The number of carbonyl (C=O) groups is 4. The Kier molecular flexibility index (Phi) is 5.14. The molecule has 1 N–H and O–H groups in total. The number of nitrogens with zero attached hydrogens (tertiary/aromatic N) is 2. The minimum absolute atomic E-state index is 0.252. The van der Waals surface area contributed by atoms with E-state index < -0.39 is 36.2 Å². The Hall–Kier alpha value is -3.07. The van der Waals surface area contributed by atoms with Crippen LogP contribution in [0.25, 0.3) is 0 Å². The number of aryl methyl sites for hydroxylation is 2. The lowest BCUT2D eigenvalue weighted by Crippen LogP contribution is -2.44. The largest absolute Gasteiger partial charge is 0.454 e. The Bertz CT molecular complexity index is 992. The summed E-state index contributed by atoms with van der Waals surface area (Å²) in [4.78, 5) is 55.6. The van der Waals surface area contributed by atoms with E-state index in [0.29, 0.717) is 10.8 Å². The molecule has 2 aromatic rings. The van der Waals surface area contributed by atoms with Gasteiger partial charge in [-0.2, -0.15) is 0 Å². The first-order valence-electron chi connectivity index (χ1n) is 9.37. The van der Waals surface area contributed by atoms with Crippen molar-refractivity contribution in [2.45, 2.75) is 38.6 Å². The molecular weight excluding hydrogens is 394 g/mol. The monoisotopic (exact) mass is 413 g/mol. The van der Waals surface area contributed by atoms with Gasteiger partial charge in [-0.15, -0.1) is 11.3 Å². The highest BCUT2D eigenvalue weighted by molar-refractivity contribution is 7.15. The molecule has 0 spiro atoms. The van der Waals surface area contributed by atoms with Crippen molar-refractivity contribution in [3.63, 3.8) is 0 Å². The zero-order valence-electron chi connectivity index (χ0n) is 15.8. The zero-order valence-corrected chi connectivity index (χ0v) is 16.6. The zero-order chi connectivity index (χ0) is 20.5. The number of aromatic nitrogens is 1. The topological polar surface area (TPSA) is 106 Å². The van der Waals surface area contributed by atoms with Gasteiger partial charge in [0, 0.05) is 4.88 Å². The summed E-state index contributed by atoms with van der Waals surface area (Å²) in [6, 6.07) is 5.43. The fourth-order valence-corrected chi connectivity index (χ4v) is 4.58. The molecule has 29 heavy (non-hydrogen) atoms. The molecule has 0 radical (unpaired) electrons. The third kappa shape index (κ3) is 3.65. The van der Waals surface area contributed by atoms with Crippen LogP contribution in [-0.4, -0.2) is 41.2 Å². The molecule has 0 saturated heterocycles. The van der Waals surface area contributed by atoms with E-state index >= 15 is 0 Å². The van der Waals surface area contributed by atoms with E-state index in [-0.39, 0.29) is 5.56 Å². The van der Waals surface area contributed by atoms with E-state index in [2.05, 4.69) is 10.3 Å². The smallest absolute Gasteiger partial charge is 0.329 e. The Morgan fingerprint density at radius 1 is 1.24 bits per heavy atom. The van der Waals surface area contributed by atoms with Crippen LogP contribution in [0, 0.1) is 0 Å². The molecule has 1 aliphatic heterocycles. The molecule has 8 nitrogen and oxygen atoms in total. The predicted octanol–water partition coefficient (Wildman–Crippen LogP) is 2.12. The summed E-state index contributed by atoms with van der Waals surface area (Å²) in [5, 5.41) is 3.15. The van der Waals surface area contributed by atoms with Crippen LogP contribution in [-0.2, 0) is 32.0 Å². The van der Waals surface area contributed by atoms with E-state index in [4.69, 9.17) is 4.74 Å². The quantitative estimate of drug-likeness (QED) is 0.595. The lowest BCUT2D eigenvalue weighted by Gasteiger charge is -2.22. The number of anilines is 2. The molecule has 1 aliphatic carbocycles. The Balaban J connectivity index is 1.36. The number of benzene rings is 1. The number of amides is 2. The number of ketones is 1. The average Bonchev–Trinajstić information content (AvgIpc) is 3.24. The minimum atomic E-state index is -1.03. The maximum Gasteiger partial charge on any atom is 0.329 e. The third-order valence-corrected chi connectivity index (χ3v) is 6.06. The number of ether oxygens (including phenoxy) is 1. The highest BCUT2D eigenvalue weighted by atomic mass is 32.1. The van der Waals surface area contributed by atoms with E-state index in [1.165, 1.54) is 29.2 Å². The molecule has 1 aromatic heterocycles. The van der Waals surface area contributed by atoms with Gasteiger partial charge in [0.2, 0.25) is 0 Å². The van der Waals surface area contributed by atoms with E-state index in [9.17, 15) is 19.2 Å². The Morgan fingerprint density at radius 3 is 2.79 bits per heavy atom. The lowest BCUT2D eigenvalue weighted by molar-refractivity contribution is -0.148. The normalized spacial score (nSPS) is 16.2. The molecule has 2 heterocycles. The van der Waals surface area contributed by atoms with E-state index in [1.807, 2.05) is 0 Å².